The van der Waals surface area contributed by atoms with Gasteiger partial charge in [-0.15, -0.1) is 0 Å². The summed E-state index contributed by atoms with van der Waals surface area (Å²) in [7, 11) is 2.06. The summed E-state index contributed by atoms with van der Waals surface area (Å²) in [5, 5.41) is 0. The summed E-state index contributed by atoms with van der Waals surface area (Å²) in [6.07, 6.45) is 2.63. The summed E-state index contributed by atoms with van der Waals surface area (Å²) in [4.78, 5) is 29.4. The highest BCUT2D eigenvalue weighted by Gasteiger charge is 2.24. The van der Waals surface area contributed by atoms with Gasteiger partial charge >= 0.3 is 6.09 Å². The standard InChI is InChI=1S/C15H29N3O3/c1-4-6-8-16(3)9-7-14(19)17-10-12-18(13-11-17)15(20)21-5-2/h4-13H2,1-3H3. The van der Waals surface area contributed by atoms with Crippen molar-refractivity contribution in [2.45, 2.75) is 33.1 Å². The Kier molecular flexibility index (Phi) is 8.12. The van der Waals surface area contributed by atoms with Crippen LogP contribution in [0.15, 0.2) is 0 Å². The van der Waals surface area contributed by atoms with Gasteiger partial charge in [-0.3, -0.25) is 4.79 Å². The fraction of sp³-hybridized carbons (Fsp3) is 0.867. The molecule has 1 aliphatic heterocycles. The maximum Gasteiger partial charge on any atom is 0.409 e. The molecule has 0 spiro atoms. The Bertz CT molecular complexity index is 328. The zero-order valence-corrected chi connectivity index (χ0v) is 13.6. The van der Waals surface area contributed by atoms with Crippen molar-refractivity contribution in [3.63, 3.8) is 0 Å². The van der Waals surface area contributed by atoms with Crippen LogP contribution >= 0.6 is 0 Å². The van der Waals surface area contributed by atoms with Gasteiger partial charge in [0.25, 0.3) is 0 Å². The summed E-state index contributed by atoms with van der Waals surface area (Å²) >= 11 is 0. The molecule has 1 rings (SSSR count). The molecule has 0 aromatic rings. The van der Waals surface area contributed by atoms with E-state index in [-0.39, 0.29) is 12.0 Å². The SMILES string of the molecule is CCCCN(C)CCC(=O)N1CCN(C(=O)OCC)CC1. The molecule has 1 aliphatic rings. The molecular formula is C15H29N3O3. The van der Waals surface area contributed by atoms with Gasteiger partial charge in [0.2, 0.25) is 5.91 Å². The predicted octanol–water partition coefficient (Wildman–Crippen LogP) is 1.41. The third-order valence-corrected chi connectivity index (χ3v) is 3.76. The number of unbranched alkanes of at least 4 members (excludes halogenated alkanes) is 1. The van der Waals surface area contributed by atoms with Gasteiger partial charge in [-0.1, -0.05) is 13.3 Å². The Morgan fingerprint density at radius 2 is 1.67 bits per heavy atom. The van der Waals surface area contributed by atoms with E-state index < -0.39 is 0 Å². The van der Waals surface area contributed by atoms with E-state index in [1.54, 1.807) is 11.8 Å². The molecule has 2 amide bonds. The molecule has 122 valence electrons. The molecule has 0 atom stereocenters. The average Bonchev–Trinajstić information content (AvgIpc) is 2.51. The maximum absolute atomic E-state index is 12.1. The molecule has 0 aromatic carbocycles. The van der Waals surface area contributed by atoms with Crippen LogP contribution in [0, 0.1) is 0 Å². The molecule has 21 heavy (non-hydrogen) atoms. The summed E-state index contributed by atoms with van der Waals surface area (Å²) in [6.45, 7) is 8.55. The van der Waals surface area contributed by atoms with E-state index in [1.807, 2.05) is 4.90 Å². The Morgan fingerprint density at radius 1 is 1.05 bits per heavy atom. The van der Waals surface area contributed by atoms with Gasteiger partial charge in [-0.25, -0.2) is 4.79 Å². The molecule has 0 radical (unpaired) electrons. The monoisotopic (exact) mass is 299 g/mol. The maximum atomic E-state index is 12.1. The molecule has 0 N–H and O–H groups in total. The number of carbonyl (C=O) groups is 2. The molecule has 0 saturated carbocycles. The Balaban J connectivity index is 2.24. The lowest BCUT2D eigenvalue weighted by atomic mass is 10.2. The number of amides is 2. The number of nitrogens with zero attached hydrogens (tertiary/aromatic N) is 3. The van der Waals surface area contributed by atoms with Crippen LogP contribution in [0.5, 0.6) is 0 Å². The number of carbonyl (C=O) groups excluding carboxylic acids is 2. The van der Waals surface area contributed by atoms with Gasteiger partial charge in [0.1, 0.15) is 0 Å². The van der Waals surface area contributed by atoms with Crippen LogP contribution < -0.4 is 0 Å². The fourth-order valence-electron chi connectivity index (χ4n) is 2.34. The largest absolute Gasteiger partial charge is 0.450 e. The Morgan fingerprint density at radius 3 is 2.24 bits per heavy atom. The van der Waals surface area contributed by atoms with Gasteiger partial charge in [0, 0.05) is 39.1 Å². The van der Waals surface area contributed by atoms with Crippen LogP contribution in [-0.4, -0.2) is 79.6 Å². The van der Waals surface area contributed by atoms with Crippen LogP contribution in [-0.2, 0) is 9.53 Å². The van der Waals surface area contributed by atoms with Crippen LogP contribution in [0.2, 0.25) is 0 Å². The first-order chi connectivity index (χ1) is 10.1. The second-order valence-electron chi connectivity index (χ2n) is 5.47. The first kappa shape index (κ1) is 17.8. The summed E-state index contributed by atoms with van der Waals surface area (Å²) in [5.74, 6) is 0.182. The summed E-state index contributed by atoms with van der Waals surface area (Å²) in [6, 6.07) is 0. The zero-order chi connectivity index (χ0) is 15.7. The van der Waals surface area contributed by atoms with Gasteiger partial charge in [-0.2, -0.15) is 0 Å². The Hall–Kier alpha value is -1.30. The highest BCUT2D eigenvalue weighted by Crippen LogP contribution is 2.06. The molecule has 0 bridgehead atoms. The molecule has 6 nitrogen and oxygen atoms in total. The zero-order valence-electron chi connectivity index (χ0n) is 13.6. The highest BCUT2D eigenvalue weighted by molar-refractivity contribution is 5.77. The van der Waals surface area contributed by atoms with Crippen LogP contribution in [0.25, 0.3) is 0 Å². The number of hydrogen-bond acceptors (Lipinski definition) is 4. The first-order valence-corrected chi connectivity index (χ1v) is 7.96. The minimum atomic E-state index is -0.274. The second-order valence-corrected chi connectivity index (χ2v) is 5.47. The van der Waals surface area contributed by atoms with Crippen LogP contribution in [0.4, 0.5) is 4.79 Å². The van der Waals surface area contributed by atoms with Crippen molar-refractivity contribution in [2.75, 3.05) is 52.9 Å². The van der Waals surface area contributed by atoms with Crippen molar-refractivity contribution >= 4 is 12.0 Å². The molecule has 0 unspecified atom stereocenters. The van der Waals surface area contributed by atoms with E-state index in [2.05, 4.69) is 18.9 Å². The van der Waals surface area contributed by atoms with Gasteiger partial charge in [0.15, 0.2) is 0 Å². The van der Waals surface area contributed by atoms with E-state index in [9.17, 15) is 9.59 Å². The minimum Gasteiger partial charge on any atom is -0.450 e. The predicted molar refractivity (Wildman–Crippen MR) is 82.2 cm³/mol. The lowest BCUT2D eigenvalue weighted by Crippen LogP contribution is -2.51. The molecule has 6 heteroatoms. The number of rotatable bonds is 7. The third kappa shape index (κ3) is 6.33. The van der Waals surface area contributed by atoms with Crippen molar-refractivity contribution in [3.8, 4) is 0 Å². The molecular weight excluding hydrogens is 270 g/mol. The van der Waals surface area contributed by atoms with E-state index >= 15 is 0 Å². The highest BCUT2D eigenvalue weighted by atomic mass is 16.6. The Labute approximate surface area is 128 Å². The lowest BCUT2D eigenvalue weighted by Gasteiger charge is -2.34. The van der Waals surface area contributed by atoms with Crippen molar-refractivity contribution < 1.29 is 14.3 Å². The minimum absolute atomic E-state index is 0.182. The lowest BCUT2D eigenvalue weighted by molar-refractivity contribution is -0.133. The molecule has 1 fully saturated rings. The van der Waals surface area contributed by atoms with Crippen LogP contribution in [0.3, 0.4) is 0 Å². The van der Waals surface area contributed by atoms with Crippen molar-refractivity contribution in [1.29, 1.82) is 0 Å². The van der Waals surface area contributed by atoms with Crippen molar-refractivity contribution in [1.82, 2.24) is 14.7 Å². The van der Waals surface area contributed by atoms with E-state index in [1.165, 1.54) is 12.8 Å². The van der Waals surface area contributed by atoms with Gasteiger partial charge < -0.3 is 19.4 Å². The summed E-state index contributed by atoms with van der Waals surface area (Å²) in [5.41, 5.74) is 0. The summed E-state index contributed by atoms with van der Waals surface area (Å²) < 4.78 is 4.97. The first-order valence-electron chi connectivity index (χ1n) is 7.96. The molecule has 0 aliphatic carbocycles. The van der Waals surface area contributed by atoms with Crippen molar-refractivity contribution in [2.24, 2.45) is 0 Å². The normalized spacial score (nSPS) is 15.4. The van der Waals surface area contributed by atoms with E-state index in [0.29, 0.717) is 39.2 Å². The number of piperazine rings is 1. The third-order valence-electron chi connectivity index (χ3n) is 3.76. The second kappa shape index (κ2) is 9.60. The van der Waals surface area contributed by atoms with E-state index in [0.717, 1.165) is 13.1 Å². The van der Waals surface area contributed by atoms with E-state index in [4.69, 9.17) is 4.74 Å². The quantitative estimate of drug-likeness (QED) is 0.713. The molecule has 0 aromatic heterocycles. The van der Waals surface area contributed by atoms with Gasteiger partial charge in [-0.05, 0) is 26.9 Å². The van der Waals surface area contributed by atoms with Gasteiger partial charge in [0.05, 0.1) is 6.61 Å². The smallest absolute Gasteiger partial charge is 0.409 e. The average molecular weight is 299 g/mol. The topological polar surface area (TPSA) is 53.1 Å². The van der Waals surface area contributed by atoms with Crippen LogP contribution in [0.1, 0.15) is 33.1 Å². The van der Waals surface area contributed by atoms with Crippen molar-refractivity contribution in [3.05, 3.63) is 0 Å². The number of ether oxygens (including phenoxy) is 1. The number of hydrogen-bond donors (Lipinski definition) is 0. The fourth-order valence-corrected chi connectivity index (χ4v) is 2.34. The molecule has 1 saturated heterocycles. The molecule has 1 heterocycles.